The van der Waals surface area contributed by atoms with Crippen molar-refractivity contribution >= 4 is 39.3 Å². The Morgan fingerprint density at radius 3 is 2.06 bits per heavy atom. The molecule has 4 aromatic carbocycles. The molecule has 2 aromatic heterocycles. The maximum Gasteiger partial charge on any atom is 0.273 e. The van der Waals surface area contributed by atoms with Crippen LogP contribution in [0.15, 0.2) is 108 Å². The van der Waals surface area contributed by atoms with Gasteiger partial charge in [-0.3, -0.25) is 14.7 Å². The summed E-state index contributed by atoms with van der Waals surface area (Å²) >= 11 is 1.44. The number of thioether (sulfide) groups is 1. The molecular formula is C28H21N5O2S. The van der Waals surface area contributed by atoms with Gasteiger partial charge in [0.2, 0.25) is 0 Å². The number of nitro groups is 1. The van der Waals surface area contributed by atoms with Gasteiger partial charge in [0.25, 0.3) is 5.69 Å². The van der Waals surface area contributed by atoms with Crippen molar-refractivity contribution < 1.29 is 4.92 Å². The van der Waals surface area contributed by atoms with Gasteiger partial charge < -0.3 is 4.57 Å². The number of fused-ring (bicyclic) bond motifs is 3. The van der Waals surface area contributed by atoms with Gasteiger partial charge in [0.15, 0.2) is 11.0 Å². The fourth-order valence-corrected chi connectivity index (χ4v) is 5.57. The topological polar surface area (TPSA) is 78.8 Å². The van der Waals surface area contributed by atoms with Crippen molar-refractivity contribution in [3.05, 3.63) is 125 Å². The molecule has 0 spiro atoms. The van der Waals surface area contributed by atoms with E-state index in [1.54, 1.807) is 12.1 Å². The van der Waals surface area contributed by atoms with Crippen LogP contribution in [0, 0.1) is 10.1 Å². The Morgan fingerprint density at radius 1 is 0.750 bits per heavy atom. The van der Waals surface area contributed by atoms with Crippen molar-refractivity contribution in [3.63, 3.8) is 0 Å². The van der Waals surface area contributed by atoms with E-state index in [-0.39, 0.29) is 10.6 Å². The zero-order chi connectivity index (χ0) is 24.5. The third-order valence-electron chi connectivity index (χ3n) is 6.24. The van der Waals surface area contributed by atoms with Gasteiger partial charge in [-0.1, -0.05) is 84.6 Å². The highest BCUT2D eigenvalue weighted by molar-refractivity contribution is 7.98. The van der Waals surface area contributed by atoms with Crippen LogP contribution in [0.3, 0.4) is 0 Å². The molecule has 0 aliphatic heterocycles. The fraction of sp³-hybridized carbons (Fsp3) is 0.0714. The first-order valence-electron chi connectivity index (χ1n) is 11.5. The van der Waals surface area contributed by atoms with Crippen molar-refractivity contribution in [3.8, 4) is 5.69 Å². The Kier molecular flexibility index (Phi) is 5.71. The zero-order valence-electron chi connectivity index (χ0n) is 19.2. The molecule has 0 atom stereocenters. The number of aromatic nitrogens is 4. The molecule has 176 valence electrons. The Labute approximate surface area is 211 Å². The highest BCUT2D eigenvalue weighted by Gasteiger charge is 2.19. The highest BCUT2D eigenvalue weighted by Crippen LogP contribution is 2.32. The third-order valence-corrected chi connectivity index (χ3v) is 7.22. The molecule has 0 radical (unpaired) electrons. The van der Waals surface area contributed by atoms with E-state index in [1.807, 2.05) is 53.1 Å². The minimum Gasteiger partial charge on any atom is -0.333 e. The van der Waals surface area contributed by atoms with Gasteiger partial charge in [0, 0.05) is 44.9 Å². The van der Waals surface area contributed by atoms with Crippen LogP contribution in [-0.4, -0.2) is 24.3 Å². The second-order valence-electron chi connectivity index (χ2n) is 8.36. The zero-order valence-corrected chi connectivity index (χ0v) is 20.0. The lowest BCUT2D eigenvalue weighted by Gasteiger charge is -2.12. The van der Waals surface area contributed by atoms with Gasteiger partial charge in [0.1, 0.15) is 0 Å². The van der Waals surface area contributed by atoms with Crippen LogP contribution in [0.2, 0.25) is 0 Å². The van der Waals surface area contributed by atoms with Crippen LogP contribution < -0.4 is 0 Å². The average Bonchev–Trinajstić information content (AvgIpc) is 3.47. The van der Waals surface area contributed by atoms with Gasteiger partial charge >= 0.3 is 0 Å². The molecule has 7 nitrogen and oxygen atoms in total. The quantitative estimate of drug-likeness (QED) is 0.142. The summed E-state index contributed by atoms with van der Waals surface area (Å²) in [6.07, 6.45) is 0. The average molecular weight is 492 g/mol. The van der Waals surface area contributed by atoms with E-state index >= 15 is 0 Å². The number of rotatable bonds is 7. The SMILES string of the molecule is O=[N+]([O-])c1ccccc1CSc1nnc(Cn2c3ccccc3c3ccccc32)n1-c1ccccc1. The summed E-state index contributed by atoms with van der Waals surface area (Å²) < 4.78 is 4.31. The number of nitro benzene ring substituents is 1. The van der Waals surface area contributed by atoms with Crippen LogP contribution in [0.5, 0.6) is 0 Å². The van der Waals surface area contributed by atoms with E-state index < -0.39 is 0 Å². The summed E-state index contributed by atoms with van der Waals surface area (Å²) in [5.74, 6) is 1.20. The molecule has 0 fully saturated rings. The van der Waals surface area contributed by atoms with E-state index in [0.29, 0.717) is 23.0 Å². The molecule has 0 aliphatic rings. The molecule has 8 heteroatoms. The van der Waals surface area contributed by atoms with Gasteiger partial charge in [-0.15, -0.1) is 10.2 Å². The standard InChI is InChI=1S/C28H21N5O2S/c34-33(35)24-15-7-4-10-20(24)19-36-28-30-29-27(32(28)21-11-2-1-3-12-21)18-31-25-16-8-5-13-22(25)23-14-6-9-17-26(23)31/h1-17H,18-19H2. The second kappa shape index (κ2) is 9.31. The smallest absolute Gasteiger partial charge is 0.273 e. The van der Waals surface area contributed by atoms with Gasteiger partial charge in [0.05, 0.1) is 11.5 Å². The Bertz CT molecular complexity index is 1650. The van der Waals surface area contributed by atoms with E-state index in [9.17, 15) is 10.1 Å². The molecule has 0 unspecified atom stereocenters. The lowest BCUT2D eigenvalue weighted by molar-refractivity contribution is -0.385. The Morgan fingerprint density at radius 2 is 1.36 bits per heavy atom. The fourth-order valence-electron chi connectivity index (χ4n) is 4.60. The largest absolute Gasteiger partial charge is 0.333 e. The molecule has 0 N–H and O–H groups in total. The maximum atomic E-state index is 11.5. The second-order valence-corrected chi connectivity index (χ2v) is 9.31. The minimum atomic E-state index is -0.342. The maximum absolute atomic E-state index is 11.5. The predicted octanol–water partition coefficient (Wildman–Crippen LogP) is 6.62. The summed E-state index contributed by atoms with van der Waals surface area (Å²) in [5, 5.41) is 23.7. The summed E-state index contributed by atoms with van der Waals surface area (Å²) in [6.45, 7) is 0.530. The number of para-hydroxylation sites is 4. The normalized spacial score (nSPS) is 11.3. The van der Waals surface area contributed by atoms with Crippen LogP contribution in [-0.2, 0) is 12.3 Å². The van der Waals surface area contributed by atoms with Gasteiger partial charge in [-0.2, -0.15) is 0 Å². The summed E-state index contributed by atoms with van der Waals surface area (Å²) in [7, 11) is 0. The van der Waals surface area contributed by atoms with Crippen LogP contribution in [0.4, 0.5) is 5.69 Å². The van der Waals surface area contributed by atoms with Gasteiger partial charge in [-0.05, 0) is 24.3 Å². The molecule has 2 heterocycles. The van der Waals surface area contributed by atoms with E-state index in [1.165, 1.54) is 28.6 Å². The lowest BCUT2D eigenvalue weighted by atomic mass is 10.2. The van der Waals surface area contributed by atoms with Crippen molar-refractivity contribution in [2.45, 2.75) is 17.5 Å². The third kappa shape index (κ3) is 3.91. The summed E-state index contributed by atoms with van der Waals surface area (Å²) in [6, 6.07) is 33.6. The van der Waals surface area contributed by atoms with Crippen molar-refractivity contribution in [2.75, 3.05) is 0 Å². The molecule has 36 heavy (non-hydrogen) atoms. The van der Waals surface area contributed by atoms with Gasteiger partial charge in [-0.25, -0.2) is 0 Å². The van der Waals surface area contributed by atoms with Crippen molar-refractivity contribution in [1.29, 1.82) is 0 Å². The van der Waals surface area contributed by atoms with E-state index in [2.05, 4.69) is 51.2 Å². The monoisotopic (exact) mass is 491 g/mol. The molecule has 6 aromatic rings. The first-order valence-corrected chi connectivity index (χ1v) is 12.5. The first kappa shape index (κ1) is 22.1. The Hall–Kier alpha value is -4.43. The van der Waals surface area contributed by atoms with Crippen LogP contribution >= 0.6 is 11.8 Å². The molecule has 0 saturated carbocycles. The lowest BCUT2D eigenvalue weighted by Crippen LogP contribution is -2.08. The first-order chi connectivity index (χ1) is 17.7. The van der Waals surface area contributed by atoms with E-state index in [4.69, 9.17) is 0 Å². The number of hydrogen-bond acceptors (Lipinski definition) is 5. The molecule has 0 bridgehead atoms. The molecule has 0 saturated heterocycles. The van der Waals surface area contributed by atoms with Crippen molar-refractivity contribution in [2.24, 2.45) is 0 Å². The number of benzene rings is 4. The highest BCUT2D eigenvalue weighted by atomic mass is 32.2. The molecule has 6 rings (SSSR count). The molecular weight excluding hydrogens is 470 g/mol. The Balaban J connectivity index is 1.43. The predicted molar refractivity (Wildman–Crippen MR) is 143 cm³/mol. The number of nitrogens with zero attached hydrogens (tertiary/aromatic N) is 5. The number of hydrogen-bond donors (Lipinski definition) is 0. The van der Waals surface area contributed by atoms with Crippen LogP contribution in [0.1, 0.15) is 11.4 Å². The van der Waals surface area contributed by atoms with Crippen molar-refractivity contribution in [1.82, 2.24) is 19.3 Å². The minimum absolute atomic E-state index is 0.112. The van der Waals surface area contributed by atoms with Crippen LogP contribution in [0.25, 0.3) is 27.5 Å². The van der Waals surface area contributed by atoms with E-state index in [0.717, 1.165) is 22.5 Å². The molecule has 0 aliphatic carbocycles. The summed E-state index contributed by atoms with van der Waals surface area (Å²) in [4.78, 5) is 11.1. The molecule has 0 amide bonds. The summed E-state index contributed by atoms with van der Waals surface area (Å²) in [5.41, 5.74) is 3.98.